The van der Waals surface area contributed by atoms with Crippen LogP contribution in [0.4, 0.5) is 9.18 Å². The molecule has 0 saturated carbocycles. The maximum Gasteiger partial charge on any atom is 0.425 e. The van der Waals surface area contributed by atoms with Crippen molar-refractivity contribution in [1.82, 2.24) is 30.1 Å². The standard InChI is InChI=1S/C46H66FN7O11/c1-11-36-46(8)40(54(48)44(59)65-46)27(4)37(55)25(2)20-45(7,60-10)41(28(5)38(56)29(6)42(58)63-36)64-43-39(57)35(18-26(3)62-43)52(9)17-16-33-23-53(51-50-33)34(21-47)19-30-12-14-31(15-13-30)32-22-49-61-24-32/h12-15,22-29,34-36,39-41,43,57H,11,16-21,48H2,1-10H3/t25-,26-,27+,28+,29-,34+,35+,36-,39-,40-,41-,43+,45-,46-/m1/s1. The Balaban J connectivity index is 1.18. The van der Waals surface area contributed by atoms with E-state index in [1.807, 2.05) is 43.1 Å². The number of amides is 1. The number of likely N-dealkylation sites (N-methyl/N-ethyl adjacent to an activating group) is 1. The summed E-state index contributed by atoms with van der Waals surface area (Å²) in [5.74, 6) is 0.703. The van der Waals surface area contributed by atoms with E-state index >= 15 is 0 Å². The van der Waals surface area contributed by atoms with Crippen LogP contribution in [0.5, 0.6) is 0 Å². The van der Waals surface area contributed by atoms with E-state index in [0.717, 1.165) is 21.7 Å². The summed E-state index contributed by atoms with van der Waals surface area (Å²) in [7, 11) is 3.32. The molecule has 6 rings (SSSR count). The number of fused-ring (bicyclic) bond motifs is 1. The van der Waals surface area contributed by atoms with Gasteiger partial charge in [-0.1, -0.05) is 62.3 Å². The smallest absolute Gasteiger partial charge is 0.425 e. The monoisotopic (exact) mass is 911 g/mol. The predicted molar refractivity (Wildman–Crippen MR) is 232 cm³/mol. The molecule has 5 heterocycles. The molecule has 3 N–H and O–H groups in total. The number of ketones is 2. The first-order valence-corrected chi connectivity index (χ1v) is 22.5. The largest absolute Gasteiger partial charge is 0.458 e. The van der Waals surface area contributed by atoms with Gasteiger partial charge in [0.15, 0.2) is 17.7 Å². The third-order valence-electron chi connectivity index (χ3n) is 14.0. The molecule has 18 nitrogen and oxygen atoms in total. The lowest BCUT2D eigenvalue weighted by molar-refractivity contribution is -0.296. The van der Waals surface area contributed by atoms with Crippen molar-refractivity contribution >= 4 is 23.6 Å². The lowest BCUT2D eigenvalue weighted by Crippen LogP contribution is -2.61. The lowest BCUT2D eigenvalue weighted by atomic mass is 9.73. The number of esters is 1. The Kier molecular flexibility index (Phi) is 15.7. The molecule has 2 aromatic heterocycles. The van der Waals surface area contributed by atoms with Crippen molar-refractivity contribution in [3.8, 4) is 11.1 Å². The lowest BCUT2D eigenvalue weighted by Gasteiger charge is -2.47. The zero-order valence-corrected chi connectivity index (χ0v) is 39.1. The first kappa shape index (κ1) is 49.8. The number of aromatic nitrogens is 4. The Morgan fingerprint density at radius 2 is 1.75 bits per heavy atom. The number of aliphatic hydroxyl groups excluding tert-OH is 1. The van der Waals surface area contributed by atoms with E-state index in [9.17, 15) is 28.7 Å². The number of hydrazine groups is 1. The number of carbonyl (C=O) groups is 4. The Morgan fingerprint density at radius 1 is 1.05 bits per heavy atom. The fourth-order valence-corrected chi connectivity index (χ4v) is 10.1. The quantitative estimate of drug-likeness (QED) is 0.103. The molecule has 3 saturated heterocycles. The van der Waals surface area contributed by atoms with Crippen LogP contribution in [0, 0.1) is 23.7 Å². The number of ether oxygens (including phenoxy) is 5. The van der Waals surface area contributed by atoms with Gasteiger partial charge in [0.05, 0.1) is 35.7 Å². The van der Waals surface area contributed by atoms with Crippen LogP contribution in [0.25, 0.3) is 11.1 Å². The van der Waals surface area contributed by atoms with Crippen LogP contribution in [-0.2, 0) is 50.9 Å². The number of benzene rings is 1. The summed E-state index contributed by atoms with van der Waals surface area (Å²) in [6, 6.07) is 5.71. The van der Waals surface area contributed by atoms with Crippen molar-refractivity contribution in [2.45, 2.75) is 148 Å². The third-order valence-corrected chi connectivity index (χ3v) is 14.0. The number of alkyl halides is 1. The van der Waals surface area contributed by atoms with E-state index in [1.54, 1.807) is 64.9 Å². The summed E-state index contributed by atoms with van der Waals surface area (Å²) >= 11 is 0. The zero-order valence-electron chi connectivity index (χ0n) is 39.1. The molecule has 3 aromatic rings. The molecule has 65 heavy (non-hydrogen) atoms. The fourth-order valence-electron chi connectivity index (χ4n) is 10.1. The molecule has 0 unspecified atom stereocenters. The Bertz CT molecular complexity index is 2110. The predicted octanol–water partition coefficient (Wildman–Crippen LogP) is 4.68. The van der Waals surface area contributed by atoms with Gasteiger partial charge < -0.3 is 38.2 Å². The second kappa shape index (κ2) is 20.5. The van der Waals surface area contributed by atoms with Crippen LogP contribution in [0.3, 0.4) is 0 Å². The number of rotatable bonds is 13. The summed E-state index contributed by atoms with van der Waals surface area (Å²) < 4.78 is 51.7. The highest BCUT2D eigenvalue weighted by Crippen LogP contribution is 2.42. The topological polar surface area (TPSA) is 224 Å². The summed E-state index contributed by atoms with van der Waals surface area (Å²) in [5.41, 5.74) is 0.521. The molecule has 0 spiro atoms. The second-order valence-electron chi connectivity index (χ2n) is 18.7. The zero-order chi connectivity index (χ0) is 47.5. The number of carbonyl (C=O) groups excluding carboxylic acids is 4. The van der Waals surface area contributed by atoms with Crippen molar-refractivity contribution in [2.75, 3.05) is 27.4 Å². The van der Waals surface area contributed by atoms with Crippen LogP contribution in [0.1, 0.15) is 92.0 Å². The van der Waals surface area contributed by atoms with E-state index in [-0.39, 0.29) is 18.6 Å². The molecule has 0 radical (unpaired) electrons. The second-order valence-corrected chi connectivity index (χ2v) is 18.7. The van der Waals surface area contributed by atoms with Crippen LogP contribution < -0.4 is 5.84 Å². The van der Waals surface area contributed by atoms with Gasteiger partial charge in [-0.25, -0.2) is 24.7 Å². The minimum absolute atomic E-state index is 0.0513. The minimum atomic E-state index is -1.50. The van der Waals surface area contributed by atoms with Gasteiger partial charge in [0.1, 0.15) is 42.9 Å². The van der Waals surface area contributed by atoms with E-state index < -0.39 is 108 Å². The number of hydrogen-bond acceptors (Lipinski definition) is 16. The number of hydrogen-bond donors (Lipinski definition) is 2. The molecular formula is C46H66FN7O11. The van der Waals surface area contributed by atoms with E-state index in [1.165, 1.54) is 14.0 Å². The summed E-state index contributed by atoms with van der Waals surface area (Å²) in [6.45, 7) is 13.2. The average molecular weight is 912 g/mol. The molecule has 0 aliphatic carbocycles. The van der Waals surface area contributed by atoms with Crippen molar-refractivity contribution in [3.63, 3.8) is 0 Å². The first-order valence-electron chi connectivity index (χ1n) is 22.5. The fraction of sp³-hybridized carbons (Fsp3) is 0.674. The van der Waals surface area contributed by atoms with Gasteiger partial charge in [-0.2, -0.15) is 0 Å². The number of aliphatic hydroxyl groups is 1. The van der Waals surface area contributed by atoms with Gasteiger partial charge in [0.25, 0.3) is 0 Å². The molecule has 19 heteroatoms. The summed E-state index contributed by atoms with van der Waals surface area (Å²) in [6.07, 6.45) is 0.598. The molecule has 1 aromatic carbocycles. The third kappa shape index (κ3) is 10.3. The van der Waals surface area contributed by atoms with Crippen LogP contribution in [0.2, 0.25) is 0 Å². The van der Waals surface area contributed by atoms with Crippen LogP contribution in [0.15, 0.2) is 47.4 Å². The number of cyclic esters (lactones) is 1. The maximum atomic E-state index is 14.4. The highest BCUT2D eigenvalue weighted by atomic mass is 19.1. The Morgan fingerprint density at radius 3 is 2.38 bits per heavy atom. The van der Waals surface area contributed by atoms with Crippen molar-refractivity contribution in [1.29, 1.82) is 0 Å². The molecule has 14 atom stereocenters. The van der Waals surface area contributed by atoms with Crippen molar-refractivity contribution in [3.05, 3.63) is 54.2 Å². The highest BCUT2D eigenvalue weighted by Gasteiger charge is 2.60. The number of nitrogens with zero attached hydrogens (tertiary/aromatic N) is 6. The summed E-state index contributed by atoms with van der Waals surface area (Å²) in [4.78, 5) is 57.4. The van der Waals surface area contributed by atoms with E-state index in [4.69, 9.17) is 34.1 Å². The molecule has 3 fully saturated rings. The Labute approximate surface area is 379 Å². The van der Waals surface area contributed by atoms with Gasteiger partial charge in [0, 0.05) is 55.6 Å². The molecule has 358 valence electrons. The number of nitrogens with two attached hydrogens (primary N) is 1. The van der Waals surface area contributed by atoms with Crippen molar-refractivity contribution in [2.24, 2.45) is 29.5 Å². The summed E-state index contributed by atoms with van der Waals surface area (Å²) in [5, 5.41) is 25.2. The SMILES string of the molecule is CC[C@H]1OC(=O)[C@H](C)C(=O)[C@H](C)[C@@H](O[C@@H]2O[C@H](C)C[C@H](N(C)CCc3cn([C@H](CF)Cc4ccc(-c5cnoc5)cc4)nn3)[C@H]2O)[C@](C)(OC)C[C@@H](C)C(=O)[C@H](C)[C@H]2N(N)C(=O)O[C@]12C. The molecule has 1 amide bonds. The first-order chi connectivity index (χ1) is 30.8. The number of Topliss-reactive ketones (excluding diaryl/α,β-unsaturated/α-hetero) is 2. The molecule has 3 aliphatic rings. The normalized spacial score (nSPS) is 34.6. The van der Waals surface area contributed by atoms with Crippen LogP contribution in [-0.4, -0.2) is 140 Å². The highest BCUT2D eigenvalue weighted by molar-refractivity contribution is 6.00. The van der Waals surface area contributed by atoms with Gasteiger partial charge in [-0.3, -0.25) is 14.4 Å². The number of halogens is 1. The number of methoxy groups -OCH3 is 1. The van der Waals surface area contributed by atoms with Gasteiger partial charge in [-0.15, -0.1) is 5.10 Å². The van der Waals surface area contributed by atoms with E-state index in [0.29, 0.717) is 31.5 Å². The van der Waals surface area contributed by atoms with Gasteiger partial charge in [0.2, 0.25) is 0 Å². The average Bonchev–Trinajstić information content (AvgIpc) is 4.05. The Hall–Kier alpha value is -4.66. The molecular weight excluding hydrogens is 846 g/mol. The van der Waals surface area contributed by atoms with Gasteiger partial charge in [-0.05, 0) is 71.6 Å². The molecule has 3 aliphatic heterocycles. The maximum absolute atomic E-state index is 14.4. The van der Waals surface area contributed by atoms with E-state index in [2.05, 4.69) is 15.5 Å². The minimum Gasteiger partial charge on any atom is -0.458 e. The van der Waals surface area contributed by atoms with Crippen LogP contribution >= 0.6 is 0 Å². The van der Waals surface area contributed by atoms with Crippen molar-refractivity contribution < 1.29 is 56.9 Å². The molecule has 0 bridgehead atoms. The van der Waals surface area contributed by atoms with Gasteiger partial charge >= 0.3 is 12.1 Å².